The molecule has 0 saturated carbocycles. The number of halogens is 17. The maximum Gasteiger partial charge on any atom is 0.460 e. The van der Waals surface area contributed by atoms with E-state index in [1.54, 1.807) is 26.0 Å². The lowest BCUT2D eigenvalue weighted by Gasteiger charge is -2.44. The molecule has 1 aromatic rings. The van der Waals surface area contributed by atoms with Gasteiger partial charge in [-0.1, -0.05) is 58.9 Å². The third-order valence-corrected chi connectivity index (χ3v) is 15.1. The number of aliphatic hydroxyl groups excluding tert-OH is 1. The summed E-state index contributed by atoms with van der Waals surface area (Å²) in [5.41, 5.74) is 0.682. The molecule has 1 aromatic carbocycles. The number of ether oxygens (including phenoxy) is 1. The van der Waals surface area contributed by atoms with Crippen molar-refractivity contribution in [2.45, 2.75) is 125 Å². The number of aliphatic hydroxyl groups is 1. The molecule has 1 amide bonds. The standard InChI is InChI=1S/C34H42F17NO5Si/c1-19(2)58(20(3)4,57-16-15-56-24-12-10-23(11-13-24)26(54)22(6)9-7-8-21(5)18-25(53)52-55)17-14-27(35,36)28(37,38)29(39,40)30(41,42)31(43,44)32(45,46)33(47,48)34(49,50)51/h7-8,10-13,18-20,22,26,54-55H,9,14-17H2,1-6H3,(H,52,53)/b8-7+,21-18+/t22-,26+/m0/s1. The zero-order chi connectivity index (χ0) is 45.7. The van der Waals surface area contributed by atoms with Crippen LogP contribution in [0.25, 0.3) is 0 Å². The van der Waals surface area contributed by atoms with Crippen molar-refractivity contribution in [1.29, 1.82) is 0 Å². The second-order valence-electron chi connectivity index (χ2n) is 14.1. The molecule has 0 radical (unpaired) electrons. The van der Waals surface area contributed by atoms with Gasteiger partial charge in [-0.3, -0.25) is 10.0 Å². The summed E-state index contributed by atoms with van der Waals surface area (Å²) in [4.78, 5) is 11.2. The topological polar surface area (TPSA) is 88.0 Å². The molecular weight excluding hydrogens is 853 g/mol. The predicted molar refractivity (Wildman–Crippen MR) is 176 cm³/mol. The summed E-state index contributed by atoms with van der Waals surface area (Å²) >= 11 is 0. The van der Waals surface area contributed by atoms with Crippen molar-refractivity contribution in [3.8, 4) is 5.75 Å². The number of alkyl halides is 17. The molecule has 0 aromatic heterocycles. The third-order valence-electron chi connectivity index (χ3n) is 9.41. The zero-order valence-corrected chi connectivity index (χ0v) is 32.4. The highest BCUT2D eigenvalue weighted by molar-refractivity contribution is 6.76. The van der Waals surface area contributed by atoms with Gasteiger partial charge < -0.3 is 14.3 Å². The van der Waals surface area contributed by atoms with Crippen molar-refractivity contribution in [3.05, 3.63) is 53.6 Å². The van der Waals surface area contributed by atoms with E-state index in [4.69, 9.17) is 14.4 Å². The van der Waals surface area contributed by atoms with E-state index in [9.17, 15) is 84.5 Å². The summed E-state index contributed by atoms with van der Waals surface area (Å²) in [7, 11) is -3.95. The minimum absolute atomic E-state index is 0.168. The molecule has 0 bridgehead atoms. The fourth-order valence-electron chi connectivity index (χ4n) is 5.72. The Labute approximate surface area is 322 Å². The Kier molecular flexibility index (Phi) is 17.0. The van der Waals surface area contributed by atoms with Gasteiger partial charge in [0, 0.05) is 12.5 Å². The zero-order valence-electron chi connectivity index (χ0n) is 31.4. The van der Waals surface area contributed by atoms with Crippen molar-refractivity contribution in [3.63, 3.8) is 0 Å². The van der Waals surface area contributed by atoms with Crippen LogP contribution in [-0.4, -0.2) is 85.4 Å². The van der Waals surface area contributed by atoms with Crippen LogP contribution in [0, 0.1) is 5.92 Å². The molecule has 2 atom stereocenters. The molecule has 58 heavy (non-hydrogen) atoms. The van der Waals surface area contributed by atoms with Crippen molar-refractivity contribution in [1.82, 2.24) is 5.48 Å². The van der Waals surface area contributed by atoms with E-state index < -0.39 is 98.1 Å². The van der Waals surface area contributed by atoms with Crippen LogP contribution in [0.1, 0.15) is 66.1 Å². The first kappa shape index (κ1) is 52.9. The average molecular weight is 896 g/mol. The summed E-state index contributed by atoms with van der Waals surface area (Å²) in [5, 5.41) is 19.2. The second kappa shape index (κ2) is 18.6. The highest BCUT2D eigenvalue weighted by Crippen LogP contribution is 2.64. The van der Waals surface area contributed by atoms with Gasteiger partial charge in [0.1, 0.15) is 12.4 Å². The molecule has 6 nitrogen and oxygen atoms in total. The summed E-state index contributed by atoms with van der Waals surface area (Å²) in [6.45, 7) is 7.75. The van der Waals surface area contributed by atoms with Gasteiger partial charge in [0.15, 0.2) is 8.32 Å². The van der Waals surface area contributed by atoms with E-state index in [1.807, 2.05) is 0 Å². The Balaban J connectivity index is 3.16. The molecule has 24 heteroatoms. The van der Waals surface area contributed by atoms with Gasteiger partial charge in [-0.25, -0.2) is 5.48 Å². The number of amides is 1. The molecule has 3 N–H and O–H groups in total. The van der Waals surface area contributed by atoms with Gasteiger partial charge >= 0.3 is 47.6 Å². The number of benzene rings is 1. The summed E-state index contributed by atoms with van der Waals surface area (Å²) in [6, 6.07) is 4.50. The quantitative estimate of drug-likeness (QED) is 0.0205. The van der Waals surface area contributed by atoms with Crippen LogP contribution < -0.4 is 10.2 Å². The average Bonchev–Trinajstić information content (AvgIpc) is 3.09. The first-order valence-corrected chi connectivity index (χ1v) is 19.3. The SMILES string of the molecule is CC(/C=C/C[C@H](C)[C@@H](O)c1ccc(OCCO[Si](CCC(F)(F)C(F)(F)C(F)(F)C(F)(F)C(F)(F)C(F)(F)C(F)(F)C(F)(F)F)(C(C)C)C(C)C)cc1)=C\C(=O)NO. The van der Waals surface area contributed by atoms with Crippen molar-refractivity contribution in [2.75, 3.05) is 13.2 Å². The van der Waals surface area contributed by atoms with E-state index in [0.717, 1.165) is 6.08 Å². The first-order chi connectivity index (χ1) is 26.0. The molecule has 0 heterocycles. The number of carbonyl (C=O) groups excluding carboxylic acids is 1. The highest BCUT2D eigenvalue weighted by atomic mass is 28.4. The number of hydrogen-bond donors (Lipinski definition) is 3. The van der Waals surface area contributed by atoms with Gasteiger partial charge in [-0.05, 0) is 59.7 Å². The Bertz CT molecular complexity index is 1560. The maximum absolute atomic E-state index is 14.9. The van der Waals surface area contributed by atoms with Crippen molar-refractivity contribution >= 4 is 14.2 Å². The fourth-order valence-corrected chi connectivity index (χ4v) is 10.2. The second-order valence-corrected chi connectivity index (χ2v) is 19.1. The fraction of sp³-hybridized carbons (Fsp3) is 0.676. The molecule has 0 fully saturated rings. The lowest BCUT2D eigenvalue weighted by Crippen LogP contribution is -2.74. The number of hydroxylamine groups is 1. The first-order valence-electron chi connectivity index (χ1n) is 17.0. The normalized spacial score (nSPS) is 16.0. The predicted octanol–water partition coefficient (Wildman–Crippen LogP) is 11.3. The number of nitrogens with one attached hydrogen (secondary N) is 1. The molecule has 0 unspecified atom stereocenters. The van der Waals surface area contributed by atoms with Crippen LogP contribution in [0.15, 0.2) is 48.1 Å². The maximum atomic E-state index is 14.9. The summed E-state index contributed by atoms with van der Waals surface area (Å²) in [5.74, 6) is -57.6. The van der Waals surface area contributed by atoms with E-state index in [0.29, 0.717) is 17.6 Å². The van der Waals surface area contributed by atoms with Crippen LogP contribution in [0.2, 0.25) is 17.1 Å². The van der Waals surface area contributed by atoms with Crippen molar-refractivity contribution < 1.29 is 98.9 Å². The minimum Gasteiger partial charge on any atom is -0.491 e. The molecule has 0 aliphatic heterocycles. The number of hydrogen-bond acceptors (Lipinski definition) is 5. The van der Waals surface area contributed by atoms with Gasteiger partial charge in [0.25, 0.3) is 5.91 Å². The monoisotopic (exact) mass is 895 g/mol. The minimum atomic E-state index is -8.68. The Morgan fingerprint density at radius 1 is 0.724 bits per heavy atom. The molecule has 0 saturated heterocycles. The van der Waals surface area contributed by atoms with Crippen LogP contribution >= 0.6 is 0 Å². The van der Waals surface area contributed by atoms with E-state index in [-0.39, 0.29) is 18.3 Å². The Morgan fingerprint density at radius 2 is 1.17 bits per heavy atom. The Hall–Kier alpha value is -3.12. The molecule has 0 aliphatic carbocycles. The van der Waals surface area contributed by atoms with Gasteiger partial charge in [0.05, 0.1) is 12.7 Å². The molecule has 1 rings (SSSR count). The molecule has 0 spiro atoms. The van der Waals surface area contributed by atoms with Crippen LogP contribution in [0.3, 0.4) is 0 Å². The van der Waals surface area contributed by atoms with Crippen LogP contribution in [0.4, 0.5) is 74.6 Å². The van der Waals surface area contributed by atoms with E-state index in [2.05, 4.69) is 0 Å². The van der Waals surface area contributed by atoms with E-state index >= 15 is 0 Å². The third kappa shape index (κ3) is 10.4. The van der Waals surface area contributed by atoms with Crippen molar-refractivity contribution in [2.24, 2.45) is 5.92 Å². The van der Waals surface area contributed by atoms with Gasteiger partial charge in [0.2, 0.25) is 0 Å². The molecule has 0 aliphatic rings. The summed E-state index contributed by atoms with van der Waals surface area (Å²) in [6.07, 6.45) is -6.59. The number of rotatable bonds is 22. The summed E-state index contributed by atoms with van der Waals surface area (Å²) < 4.78 is 246. The van der Waals surface area contributed by atoms with Gasteiger partial charge in [-0.15, -0.1) is 0 Å². The van der Waals surface area contributed by atoms with E-state index in [1.165, 1.54) is 57.4 Å². The number of carbonyl (C=O) groups is 1. The molecule has 336 valence electrons. The lowest BCUT2D eigenvalue weighted by atomic mass is 9.88. The van der Waals surface area contributed by atoms with Crippen LogP contribution in [0.5, 0.6) is 5.75 Å². The lowest BCUT2D eigenvalue weighted by molar-refractivity contribution is -0.461. The number of allylic oxidation sites excluding steroid dienone is 3. The largest absolute Gasteiger partial charge is 0.491 e. The smallest absolute Gasteiger partial charge is 0.460 e. The Morgan fingerprint density at radius 3 is 1.60 bits per heavy atom. The highest BCUT2D eigenvalue weighted by Gasteiger charge is 2.95. The van der Waals surface area contributed by atoms with Gasteiger partial charge in [-0.2, -0.15) is 74.6 Å². The molecular formula is C34H42F17NO5Si. The van der Waals surface area contributed by atoms with Crippen LogP contribution in [-0.2, 0) is 9.22 Å².